The van der Waals surface area contributed by atoms with E-state index in [4.69, 9.17) is 11.6 Å². The summed E-state index contributed by atoms with van der Waals surface area (Å²) in [5.74, 6) is 2.89. The molecule has 2 fully saturated rings. The number of nitrogens with zero attached hydrogens (tertiary/aromatic N) is 5. The zero-order valence-corrected chi connectivity index (χ0v) is 20.6. The third-order valence-corrected chi connectivity index (χ3v) is 10.7. The van der Waals surface area contributed by atoms with Gasteiger partial charge in [-0.25, -0.2) is 19.2 Å². The van der Waals surface area contributed by atoms with Gasteiger partial charge in [-0.2, -0.15) is 9.35 Å². The molecule has 3 aliphatic rings. The van der Waals surface area contributed by atoms with Gasteiger partial charge in [-0.15, -0.1) is 0 Å². The molecule has 1 unspecified atom stereocenters. The molecular formula is C21H27ClN6O3S2. The second-order valence-corrected chi connectivity index (χ2v) is 13.5. The fraction of sp³-hybridized carbons (Fsp3) is 0.619. The average Bonchev–Trinajstić information content (AvgIpc) is 2.77. The van der Waals surface area contributed by atoms with E-state index in [9.17, 15) is 13.5 Å². The van der Waals surface area contributed by atoms with Gasteiger partial charge in [0.15, 0.2) is 0 Å². The lowest BCUT2D eigenvalue weighted by atomic mass is 9.77. The molecular weight excluding hydrogens is 484 g/mol. The van der Waals surface area contributed by atoms with E-state index in [0.29, 0.717) is 58.0 Å². The fourth-order valence-electron chi connectivity index (χ4n) is 4.60. The zero-order chi connectivity index (χ0) is 23.1. The third kappa shape index (κ3) is 4.78. The summed E-state index contributed by atoms with van der Waals surface area (Å²) in [6.45, 7) is -0.0181. The van der Waals surface area contributed by atoms with Crippen molar-refractivity contribution < 1.29 is 13.5 Å². The zero-order valence-electron chi connectivity index (χ0n) is 18.2. The van der Waals surface area contributed by atoms with Crippen LogP contribution < -0.4 is 5.32 Å². The Bertz CT molecular complexity index is 1180. The Morgan fingerprint density at radius 2 is 1.94 bits per heavy atom. The molecule has 5 rings (SSSR count). The number of aromatic nitrogens is 4. The van der Waals surface area contributed by atoms with E-state index in [1.54, 1.807) is 12.4 Å². The van der Waals surface area contributed by atoms with Crippen LogP contribution in [0, 0.1) is 0 Å². The molecule has 9 nitrogen and oxygen atoms in total. The van der Waals surface area contributed by atoms with Gasteiger partial charge in [0.05, 0.1) is 43.4 Å². The van der Waals surface area contributed by atoms with Crippen LogP contribution in [0.3, 0.4) is 0 Å². The first-order valence-electron chi connectivity index (χ1n) is 11.3. The van der Waals surface area contributed by atoms with Gasteiger partial charge >= 0.3 is 0 Å². The van der Waals surface area contributed by atoms with Crippen LogP contribution in [0.2, 0.25) is 5.02 Å². The molecule has 1 saturated carbocycles. The first kappa shape index (κ1) is 23.1. The van der Waals surface area contributed by atoms with Crippen LogP contribution in [0.25, 0.3) is 0 Å². The van der Waals surface area contributed by atoms with Gasteiger partial charge < -0.3 is 10.4 Å². The minimum absolute atomic E-state index is 0.0181. The number of aryl methyl sites for hydroxylation is 1. The molecule has 0 spiro atoms. The van der Waals surface area contributed by atoms with Gasteiger partial charge in [0.25, 0.3) is 5.95 Å². The van der Waals surface area contributed by atoms with Gasteiger partial charge in [0.2, 0.25) is 0 Å². The van der Waals surface area contributed by atoms with Crippen molar-refractivity contribution in [3.8, 4) is 0 Å². The van der Waals surface area contributed by atoms with Crippen LogP contribution in [-0.2, 0) is 26.9 Å². The summed E-state index contributed by atoms with van der Waals surface area (Å²) in [6, 6.07) is 0. The van der Waals surface area contributed by atoms with Gasteiger partial charge in [0, 0.05) is 35.6 Å². The summed E-state index contributed by atoms with van der Waals surface area (Å²) in [5.41, 5.74) is 0.258. The predicted molar refractivity (Wildman–Crippen MR) is 128 cm³/mol. The summed E-state index contributed by atoms with van der Waals surface area (Å²) < 4.78 is 30.8. The summed E-state index contributed by atoms with van der Waals surface area (Å²) >= 11 is 5.88. The number of hydrogen-bond acceptors (Lipinski definition) is 9. The molecule has 2 aromatic heterocycles. The molecule has 2 N–H and O–H groups in total. The van der Waals surface area contributed by atoms with Gasteiger partial charge in [-0.05, 0) is 44.9 Å². The normalized spacial score (nSPS) is 28.4. The summed E-state index contributed by atoms with van der Waals surface area (Å²) in [5, 5.41) is 13.7. The molecule has 33 heavy (non-hydrogen) atoms. The first-order valence-corrected chi connectivity index (χ1v) is 14.8. The van der Waals surface area contributed by atoms with Crippen molar-refractivity contribution in [2.75, 3.05) is 29.2 Å². The fourth-order valence-corrected chi connectivity index (χ4v) is 8.10. The van der Waals surface area contributed by atoms with Crippen molar-refractivity contribution >= 4 is 43.9 Å². The molecule has 0 aromatic carbocycles. The second-order valence-electron chi connectivity index (χ2n) is 9.02. The number of aliphatic hydroxyl groups excluding tert-OH is 1. The number of halogens is 1. The van der Waals surface area contributed by atoms with Crippen LogP contribution in [0.4, 0.5) is 11.8 Å². The average molecular weight is 511 g/mol. The van der Waals surface area contributed by atoms with Crippen LogP contribution >= 0.6 is 11.6 Å². The summed E-state index contributed by atoms with van der Waals surface area (Å²) in [6.07, 6.45) is 8.63. The highest BCUT2D eigenvalue weighted by Gasteiger charge is 2.38. The van der Waals surface area contributed by atoms with E-state index >= 15 is 0 Å². The number of aliphatic hydroxyl groups is 1. The first-order chi connectivity index (χ1) is 15.9. The van der Waals surface area contributed by atoms with E-state index in [1.165, 1.54) is 0 Å². The lowest BCUT2D eigenvalue weighted by Gasteiger charge is -2.42. The smallest absolute Gasteiger partial charge is 0.259 e. The quantitative estimate of drug-likeness (QED) is 0.627. The Balaban J connectivity index is 1.43. The van der Waals surface area contributed by atoms with Crippen molar-refractivity contribution in [3.63, 3.8) is 0 Å². The molecule has 2 aliphatic heterocycles. The topological polar surface area (TPSA) is 130 Å². The lowest BCUT2D eigenvalue weighted by molar-refractivity contribution is 0.143. The highest BCUT2D eigenvalue weighted by Crippen LogP contribution is 2.38. The predicted octanol–water partition coefficient (Wildman–Crippen LogP) is 2.98. The minimum atomic E-state index is -2.52. The van der Waals surface area contributed by atoms with Crippen molar-refractivity contribution in [2.45, 2.75) is 61.3 Å². The Morgan fingerprint density at radius 3 is 2.58 bits per heavy atom. The Morgan fingerprint density at radius 1 is 1.21 bits per heavy atom. The van der Waals surface area contributed by atoms with Crippen molar-refractivity contribution in [3.05, 3.63) is 28.9 Å². The summed E-state index contributed by atoms with van der Waals surface area (Å²) in [7, 11) is -3.72. The highest BCUT2D eigenvalue weighted by atomic mass is 35.5. The maximum atomic E-state index is 13.5. The molecule has 1 aliphatic carbocycles. The van der Waals surface area contributed by atoms with Crippen LogP contribution in [0.5, 0.6) is 0 Å². The summed E-state index contributed by atoms with van der Waals surface area (Å²) in [4.78, 5) is 18.3. The van der Waals surface area contributed by atoms with E-state index in [-0.39, 0.29) is 18.5 Å². The maximum Gasteiger partial charge on any atom is 0.259 e. The highest BCUT2D eigenvalue weighted by molar-refractivity contribution is 7.93. The van der Waals surface area contributed by atoms with E-state index < -0.39 is 26.1 Å². The molecule has 0 amide bonds. The van der Waals surface area contributed by atoms with E-state index in [1.807, 2.05) is 0 Å². The van der Waals surface area contributed by atoms with E-state index in [0.717, 1.165) is 31.5 Å². The van der Waals surface area contributed by atoms with Gasteiger partial charge in [0.1, 0.15) is 16.5 Å². The minimum Gasteiger partial charge on any atom is -0.394 e. The van der Waals surface area contributed by atoms with Crippen molar-refractivity contribution in [2.24, 2.45) is 4.36 Å². The van der Waals surface area contributed by atoms with Crippen molar-refractivity contribution in [1.29, 1.82) is 0 Å². The Kier molecular flexibility index (Phi) is 6.41. The maximum absolute atomic E-state index is 13.5. The monoisotopic (exact) mass is 510 g/mol. The molecule has 0 radical (unpaired) electrons. The molecule has 4 heterocycles. The van der Waals surface area contributed by atoms with Crippen LogP contribution in [0.1, 0.15) is 56.0 Å². The van der Waals surface area contributed by atoms with E-state index in [2.05, 4.69) is 29.6 Å². The van der Waals surface area contributed by atoms with Crippen molar-refractivity contribution in [1.82, 2.24) is 19.9 Å². The van der Waals surface area contributed by atoms with Crippen LogP contribution in [-0.4, -0.2) is 62.9 Å². The Hall–Kier alpha value is -1.69. The Labute approximate surface area is 200 Å². The van der Waals surface area contributed by atoms with Gasteiger partial charge in [-0.3, -0.25) is 4.21 Å². The molecule has 178 valence electrons. The second kappa shape index (κ2) is 9.16. The van der Waals surface area contributed by atoms with Crippen LogP contribution in [0.15, 0.2) is 21.7 Å². The molecule has 1 saturated heterocycles. The number of hydrogen-bond donors (Lipinski definition) is 2. The SMILES string of the molecule is O=S1CCCc2nc(N=S3(=O)CCC(c4ncc(Cl)cn4)CC3)nc(NC3(CO)CCC3)c21. The third-order valence-electron chi connectivity index (χ3n) is 6.72. The molecule has 1 atom stereocenters. The van der Waals surface area contributed by atoms with Gasteiger partial charge in [-0.1, -0.05) is 11.6 Å². The molecule has 2 aromatic rings. The molecule has 12 heteroatoms. The number of nitrogens with one attached hydrogen (secondary N) is 1. The lowest BCUT2D eigenvalue weighted by Crippen LogP contribution is -2.48. The molecule has 0 bridgehead atoms. The number of anilines is 1. The number of fused-ring (bicyclic) bond motifs is 1. The standard InChI is InChI=1S/C21H27ClN6O3S2/c22-15-11-23-18(24-12-15)14-4-9-33(31,10-5-14)28-20-25-16-3-1-8-32(30)17(16)19(26-20)27-21(13-29)6-2-7-21/h11-12,14,29H,1-10,13H2,(H,25,26,27). The number of rotatable bonds is 5. The largest absolute Gasteiger partial charge is 0.394 e.